The Kier molecular flexibility index (Phi) is 8.20. The summed E-state index contributed by atoms with van der Waals surface area (Å²) in [4.78, 5) is 23.7. The van der Waals surface area contributed by atoms with Crippen LogP contribution in [0.5, 0.6) is 11.5 Å². The molecule has 2 aromatic carbocycles. The number of primary amides is 1. The summed E-state index contributed by atoms with van der Waals surface area (Å²) >= 11 is 0. The van der Waals surface area contributed by atoms with Gasteiger partial charge in [-0.1, -0.05) is 48.6 Å². The number of nitrogens with zero attached hydrogens (tertiary/aromatic N) is 3. The molecule has 0 bridgehead atoms. The Balaban J connectivity index is 1.47. The molecular formula is C29H25FN6O2. The summed E-state index contributed by atoms with van der Waals surface area (Å²) < 4.78 is 20.5. The van der Waals surface area contributed by atoms with Crippen LogP contribution >= 0.6 is 0 Å². The van der Waals surface area contributed by atoms with E-state index in [2.05, 4.69) is 20.3 Å². The molecule has 0 atom stereocenters. The zero-order chi connectivity index (χ0) is 26.9. The number of nitrogens with two attached hydrogens (primary N) is 2. The maximum atomic E-state index is 14.7. The number of aromatic nitrogens is 3. The van der Waals surface area contributed by atoms with Gasteiger partial charge < -0.3 is 21.5 Å². The van der Waals surface area contributed by atoms with Crippen LogP contribution in [0.1, 0.15) is 23.0 Å². The van der Waals surface area contributed by atoms with Crippen molar-refractivity contribution in [1.29, 1.82) is 0 Å². The molecule has 0 aliphatic rings. The Morgan fingerprint density at radius 3 is 2.47 bits per heavy atom. The van der Waals surface area contributed by atoms with Gasteiger partial charge in [-0.2, -0.15) is 4.98 Å². The van der Waals surface area contributed by atoms with Gasteiger partial charge in [0.05, 0.1) is 5.69 Å². The van der Waals surface area contributed by atoms with Gasteiger partial charge in [-0.05, 0) is 43.3 Å². The molecule has 5 N–H and O–H groups in total. The van der Waals surface area contributed by atoms with E-state index < -0.39 is 5.91 Å². The van der Waals surface area contributed by atoms with E-state index in [0.717, 1.165) is 0 Å². The minimum atomic E-state index is -0.637. The predicted octanol–water partition coefficient (Wildman–Crippen LogP) is 6.04. The van der Waals surface area contributed by atoms with Gasteiger partial charge in [-0.15, -0.1) is 0 Å². The second-order valence-corrected chi connectivity index (χ2v) is 8.00. The number of carbonyl (C=O) groups excluding carboxylic acids is 1. The number of ether oxygens (including phenoxy) is 1. The third-order valence-corrected chi connectivity index (χ3v) is 5.19. The van der Waals surface area contributed by atoms with Crippen LogP contribution in [0, 0.1) is 5.82 Å². The first-order valence-electron chi connectivity index (χ1n) is 11.6. The van der Waals surface area contributed by atoms with Crippen molar-refractivity contribution in [3.8, 4) is 22.8 Å². The van der Waals surface area contributed by atoms with Crippen molar-refractivity contribution < 1.29 is 13.9 Å². The minimum absolute atomic E-state index is 0.0476. The Hall–Kier alpha value is -5.31. The van der Waals surface area contributed by atoms with Gasteiger partial charge in [-0.3, -0.25) is 9.78 Å². The Labute approximate surface area is 219 Å². The van der Waals surface area contributed by atoms with Crippen molar-refractivity contribution in [3.05, 3.63) is 114 Å². The fraction of sp³-hybridized carbons (Fsp3) is 0.0345. The highest BCUT2D eigenvalue weighted by molar-refractivity contribution is 5.91. The number of carbonyl (C=O) groups is 1. The number of nitrogens with one attached hydrogen (secondary N) is 1. The number of nitrogen functional groups attached to an aromatic ring is 1. The normalized spacial score (nSPS) is 11.4. The van der Waals surface area contributed by atoms with Crippen LogP contribution in [0.2, 0.25) is 0 Å². The lowest BCUT2D eigenvalue weighted by Gasteiger charge is -2.11. The van der Waals surface area contributed by atoms with Crippen molar-refractivity contribution >= 4 is 29.4 Å². The van der Waals surface area contributed by atoms with E-state index in [4.69, 9.17) is 16.2 Å². The van der Waals surface area contributed by atoms with E-state index >= 15 is 0 Å². The van der Waals surface area contributed by atoms with Crippen molar-refractivity contribution in [2.45, 2.75) is 6.92 Å². The molecule has 0 aliphatic heterocycles. The third kappa shape index (κ3) is 6.88. The summed E-state index contributed by atoms with van der Waals surface area (Å²) in [6.07, 6.45) is 12.4. The van der Waals surface area contributed by atoms with Crippen LogP contribution < -0.4 is 21.5 Å². The van der Waals surface area contributed by atoms with Crippen LogP contribution in [0.3, 0.4) is 0 Å². The van der Waals surface area contributed by atoms with E-state index in [0.29, 0.717) is 39.8 Å². The monoisotopic (exact) mass is 508 g/mol. The maximum absolute atomic E-state index is 14.7. The lowest BCUT2D eigenvalue weighted by molar-refractivity contribution is 0.0995. The van der Waals surface area contributed by atoms with Crippen LogP contribution in [-0.4, -0.2) is 20.9 Å². The van der Waals surface area contributed by atoms with E-state index in [9.17, 15) is 9.18 Å². The molecule has 0 fully saturated rings. The average molecular weight is 509 g/mol. The molecular weight excluding hydrogens is 483 g/mol. The molecule has 190 valence electrons. The van der Waals surface area contributed by atoms with Crippen molar-refractivity contribution in [2.75, 3.05) is 11.1 Å². The number of allylic oxidation sites excluding steroid dienone is 5. The lowest BCUT2D eigenvalue weighted by Crippen LogP contribution is -2.12. The zero-order valence-corrected chi connectivity index (χ0v) is 20.5. The van der Waals surface area contributed by atoms with E-state index in [-0.39, 0.29) is 17.5 Å². The number of hydrogen-bond acceptors (Lipinski definition) is 7. The summed E-state index contributed by atoms with van der Waals surface area (Å²) in [7, 11) is 0. The quantitative estimate of drug-likeness (QED) is 0.235. The number of pyridine rings is 1. The first-order valence-corrected chi connectivity index (χ1v) is 11.6. The highest BCUT2D eigenvalue weighted by atomic mass is 19.1. The fourth-order valence-electron chi connectivity index (χ4n) is 3.40. The zero-order valence-electron chi connectivity index (χ0n) is 20.5. The number of anilines is 3. The van der Waals surface area contributed by atoms with Crippen LogP contribution in [0.25, 0.3) is 17.3 Å². The van der Waals surface area contributed by atoms with Gasteiger partial charge in [-0.25, -0.2) is 9.37 Å². The standard InChI is InChI=1S/C29H25FN6O2/c1-2-3-4-5-6-7-19-8-9-20(16-24(19)30)25-18-27(36-29(32)35-25)34-21-10-12-22(13-11-21)38-23-14-15-33-26(17-23)28(31)37/h2-18H,1H3,(H2,31,37)(H3,32,34,35,36)/b3-2-,5-4-,7-6+. The first-order chi connectivity index (χ1) is 18.4. The van der Waals surface area contributed by atoms with Crippen molar-refractivity contribution in [2.24, 2.45) is 5.73 Å². The third-order valence-electron chi connectivity index (χ3n) is 5.19. The van der Waals surface area contributed by atoms with Crippen molar-refractivity contribution in [3.63, 3.8) is 0 Å². The van der Waals surface area contributed by atoms with E-state index in [1.54, 1.807) is 60.7 Å². The summed E-state index contributed by atoms with van der Waals surface area (Å²) in [5.74, 6) is 0.453. The largest absolute Gasteiger partial charge is 0.457 e. The predicted molar refractivity (Wildman–Crippen MR) is 147 cm³/mol. The van der Waals surface area contributed by atoms with Gasteiger partial charge in [0, 0.05) is 35.1 Å². The molecule has 0 saturated heterocycles. The molecule has 9 heteroatoms. The van der Waals surface area contributed by atoms with Gasteiger partial charge in [0.1, 0.15) is 28.8 Å². The molecule has 38 heavy (non-hydrogen) atoms. The molecule has 2 aromatic heterocycles. The van der Waals surface area contributed by atoms with Gasteiger partial charge in [0.2, 0.25) is 5.95 Å². The molecule has 4 rings (SSSR count). The average Bonchev–Trinajstić information content (AvgIpc) is 2.90. The topological polar surface area (TPSA) is 129 Å². The molecule has 0 aliphatic carbocycles. The summed E-state index contributed by atoms with van der Waals surface area (Å²) in [5.41, 5.74) is 13.5. The molecule has 0 radical (unpaired) electrons. The molecule has 0 unspecified atom stereocenters. The van der Waals surface area contributed by atoms with E-state index in [1.165, 1.54) is 18.3 Å². The molecule has 0 spiro atoms. The molecule has 1 amide bonds. The van der Waals surface area contributed by atoms with Crippen LogP contribution in [0.15, 0.2) is 97.2 Å². The van der Waals surface area contributed by atoms with Crippen LogP contribution in [-0.2, 0) is 0 Å². The second-order valence-electron chi connectivity index (χ2n) is 8.00. The summed E-state index contributed by atoms with van der Waals surface area (Å²) in [5, 5.41) is 3.16. The van der Waals surface area contributed by atoms with Gasteiger partial charge >= 0.3 is 0 Å². The Bertz CT molecular complexity index is 1530. The highest BCUT2D eigenvalue weighted by Gasteiger charge is 2.09. The molecule has 2 heterocycles. The summed E-state index contributed by atoms with van der Waals surface area (Å²) in [6, 6.07) is 16.7. The minimum Gasteiger partial charge on any atom is -0.457 e. The molecule has 8 nitrogen and oxygen atoms in total. The molecule has 0 saturated carbocycles. The maximum Gasteiger partial charge on any atom is 0.267 e. The Morgan fingerprint density at radius 1 is 0.947 bits per heavy atom. The van der Waals surface area contributed by atoms with Crippen LogP contribution in [0.4, 0.5) is 21.8 Å². The van der Waals surface area contributed by atoms with E-state index in [1.807, 2.05) is 31.2 Å². The lowest BCUT2D eigenvalue weighted by atomic mass is 10.1. The number of amides is 1. The second kappa shape index (κ2) is 12.1. The number of rotatable bonds is 9. The smallest absolute Gasteiger partial charge is 0.267 e. The fourth-order valence-corrected chi connectivity index (χ4v) is 3.40. The SMILES string of the molecule is C\C=C/C=C\C=C\c1ccc(-c2cc(Nc3ccc(Oc4ccnc(C(N)=O)c4)cc3)nc(N)n2)cc1F. The highest BCUT2D eigenvalue weighted by Crippen LogP contribution is 2.27. The number of benzene rings is 2. The van der Waals surface area contributed by atoms with Gasteiger partial charge in [0.15, 0.2) is 0 Å². The number of halogens is 1. The van der Waals surface area contributed by atoms with Gasteiger partial charge in [0.25, 0.3) is 5.91 Å². The first kappa shape index (κ1) is 25.8. The summed E-state index contributed by atoms with van der Waals surface area (Å²) in [6.45, 7) is 1.92. The van der Waals surface area contributed by atoms with Crippen molar-refractivity contribution in [1.82, 2.24) is 15.0 Å². The Morgan fingerprint density at radius 2 is 1.74 bits per heavy atom. The number of hydrogen-bond donors (Lipinski definition) is 3. The molecule has 4 aromatic rings.